The standard InChI is InChI=1S/C14H20GeO6/c1-4-12(16)19-15(20-13(17)5-2,21-14(18)6-3)11-9-7-8-10-11/h7-11H,4-6H2,1-3H3. The van der Waals surface area contributed by atoms with Crippen LogP contribution < -0.4 is 0 Å². The Hall–Kier alpha value is -1.57. The van der Waals surface area contributed by atoms with Crippen LogP contribution in [0.1, 0.15) is 40.0 Å². The van der Waals surface area contributed by atoms with Crippen LogP contribution in [0.15, 0.2) is 24.3 Å². The topological polar surface area (TPSA) is 78.9 Å². The maximum absolute atomic E-state index is 11.7. The molecule has 0 spiro atoms. The van der Waals surface area contributed by atoms with Crippen molar-refractivity contribution in [1.82, 2.24) is 0 Å². The predicted molar refractivity (Wildman–Crippen MR) is 76.9 cm³/mol. The van der Waals surface area contributed by atoms with Crippen LogP contribution in [0.25, 0.3) is 0 Å². The molecule has 0 fully saturated rings. The quantitative estimate of drug-likeness (QED) is 0.651. The van der Waals surface area contributed by atoms with E-state index in [2.05, 4.69) is 0 Å². The summed E-state index contributed by atoms with van der Waals surface area (Å²) in [5.41, 5.74) is 0. The molecule has 0 unspecified atom stereocenters. The summed E-state index contributed by atoms with van der Waals surface area (Å²) >= 11 is -4.45. The van der Waals surface area contributed by atoms with Crippen LogP contribution in [-0.4, -0.2) is 32.2 Å². The first-order chi connectivity index (χ1) is 9.97. The number of rotatable bonds is 7. The summed E-state index contributed by atoms with van der Waals surface area (Å²) < 4.78 is 15.6. The molecule has 0 saturated carbocycles. The molecular weight excluding hydrogens is 337 g/mol. The van der Waals surface area contributed by atoms with Crippen LogP contribution in [0.2, 0.25) is 4.75 Å². The van der Waals surface area contributed by atoms with Gasteiger partial charge in [-0.05, 0) is 0 Å². The molecule has 116 valence electrons. The molecular formula is C14H20GeO6. The second kappa shape index (κ2) is 8.02. The van der Waals surface area contributed by atoms with Gasteiger partial charge in [-0.2, -0.15) is 0 Å². The van der Waals surface area contributed by atoms with Gasteiger partial charge in [-0.3, -0.25) is 0 Å². The molecule has 6 nitrogen and oxygen atoms in total. The molecule has 0 N–H and O–H groups in total. The summed E-state index contributed by atoms with van der Waals surface area (Å²) in [6, 6.07) is 0. The third-order valence-corrected chi connectivity index (χ3v) is 8.54. The van der Waals surface area contributed by atoms with Gasteiger partial charge in [0.2, 0.25) is 0 Å². The van der Waals surface area contributed by atoms with Crippen molar-refractivity contribution in [2.75, 3.05) is 0 Å². The van der Waals surface area contributed by atoms with Crippen molar-refractivity contribution in [2.45, 2.75) is 44.8 Å². The maximum atomic E-state index is 11.7. The van der Waals surface area contributed by atoms with E-state index in [1.54, 1.807) is 45.1 Å². The Kier molecular flexibility index (Phi) is 6.68. The van der Waals surface area contributed by atoms with Crippen LogP contribution in [0.4, 0.5) is 0 Å². The molecule has 0 aromatic carbocycles. The average Bonchev–Trinajstić information content (AvgIpc) is 3.01. The first-order valence-corrected chi connectivity index (χ1v) is 10.8. The van der Waals surface area contributed by atoms with E-state index in [4.69, 9.17) is 11.3 Å². The Bertz CT molecular complexity index is 411. The minimum absolute atomic E-state index is 0.112. The molecule has 7 heteroatoms. The molecule has 1 aliphatic rings. The summed E-state index contributed by atoms with van der Waals surface area (Å²) in [5.74, 6) is -1.63. The van der Waals surface area contributed by atoms with Crippen molar-refractivity contribution >= 4 is 32.2 Å². The third-order valence-electron chi connectivity index (χ3n) is 2.79. The number of allylic oxidation sites excluding steroid dienone is 4. The number of hydrogen-bond donors (Lipinski definition) is 0. The molecule has 1 aliphatic carbocycles. The molecule has 0 heterocycles. The van der Waals surface area contributed by atoms with Gasteiger partial charge in [0.15, 0.2) is 0 Å². The van der Waals surface area contributed by atoms with E-state index in [9.17, 15) is 14.4 Å². The van der Waals surface area contributed by atoms with E-state index in [0.29, 0.717) is 0 Å². The normalized spacial score (nSPS) is 14.0. The van der Waals surface area contributed by atoms with Crippen molar-refractivity contribution in [1.29, 1.82) is 0 Å². The van der Waals surface area contributed by atoms with E-state index in [-0.39, 0.29) is 19.3 Å². The van der Waals surface area contributed by atoms with E-state index in [1.807, 2.05) is 0 Å². The summed E-state index contributed by atoms with van der Waals surface area (Å²) in [4.78, 5) is 35.2. The minimum atomic E-state index is -4.45. The number of carbonyl (C=O) groups is 3. The van der Waals surface area contributed by atoms with Gasteiger partial charge in [0, 0.05) is 0 Å². The first-order valence-electron chi connectivity index (χ1n) is 6.97. The molecule has 21 heavy (non-hydrogen) atoms. The van der Waals surface area contributed by atoms with Crippen LogP contribution >= 0.6 is 0 Å². The van der Waals surface area contributed by atoms with Crippen molar-refractivity contribution in [2.24, 2.45) is 0 Å². The Labute approximate surface area is 127 Å². The van der Waals surface area contributed by atoms with Gasteiger partial charge >= 0.3 is 127 Å². The Morgan fingerprint density at radius 2 is 1.14 bits per heavy atom. The van der Waals surface area contributed by atoms with Crippen molar-refractivity contribution in [3.63, 3.8) is 0 Å². The fraction of sp³-hybridized carbons (Fsp3) is 0.500. The first kappa shape index (κ1) is 17.5. The van der Waals surface area contributed by atoms with Gasteiger partial charge in [-0.15, -0.1) is 0 Å². The van der Waals surface area contributed by atoms with Crippen molar-refractivity contribution in [3.8, 4) is 0 Å². The second-order valence-corrected chi connectivity index (χ2v) is 9.60. The van der Waals surface area contributed by atoms with Gasteiger partial charge in [-0.1, -0.05) is 0 Å². The monoisotopic (exact) mass is 358 g/mol. The van der Waals surface area contributed by atoms with E-state index in [0.717, 1.165) is 0 Å². The number of carbonyl (C=O) groups excluding carboxylic acids is 3. The summed E-state index contributed by atoms with van der Waals surface area (Å²) in [5, 5.41) is 0. The summed E-state index contributed by atoms with van der Waals surface area (Å²) in [7, 11) is 0. The zero-order chi connectivity index (χ0) is 15.9. The van der Waals surface area contributed by atoms with E-state index < -0.39 is 36.9 Å². The molecule has 0 atom stereocenters. The SMILES string of the molecule is CCC(=O)[O][Ge]([O]C(=O)CC)([O]C(=O)CC)[CH]1C=CC=C1. The number of hydrogen-bond acceptors (Lipinski definition) is 6. The molecule has 1 rings (SSSR count). The van der Waals surface area contributed by atoms with Crippen LogP contribution in [-0.2, 0) is 25.7 Å². The zero-order valence-electron chi connectivity index (χ0n) is 12.5. The van der Waals surface area contributed by atoms with Crippen LogP contribution in [0, 0.1) is 0 Å². The van der Waals surface area contributed by atoms with E-state index in [1.165, 1.54) is 0 Å². The van der Waals surface area contributed by atoms with Gasteiger partial charge < -0.3 is 0 Å². The average molecular weight is 357 g/mol. The zero-order valence-corrected chi connectivity index (χ0v) is 14.6. The van der Waals surface area contributed by atoms with Gasteiger partial charge in [0.25, 0.3) is 0 Å². The molecule has 0 amide bonds. The van der Waals surface area contributed by atoms with E-state index >= 15 is 0 Å². The van der Waals surface area contributed by atoms with Gasteiger partial charge in [-0.25, -0.2) is 0 Å². The molecule has 0 aromatic rings. The van der Waals surface area contributed by atoms with Crippen molar-refractivity contribution < 1.29 is 25.7 Å². The summed E-state index contributed by atoms with van der Waals surface area (Å²) in [6.07, 6.45) is 7.25. The molecule has 0 aliphatic heterocycles. The van der Waals surface area contributed by atoms with Crippen LogP contribution in [0.5, 0.6) is 0 Å². The fourth-order valence-electron chi connectivity index (χ4n) is 1.63. The summed E-state index contributed by atoms with van der Waals surface area (Å²) in [6.45, 7) is 4.87. The van der Waals surface area contributed by atoms with Crippen LogP contribution in [0.3, 0.4) is 0 Å². The fourth-order valence-corrected chi connectivity index (χ4v) is 7.11. The van der Waals surface area contributed by atoms with Crippen molar-refractivity contribution in [3.05, 3.63) is 24.3 Å². The molecule has 0 bridgehead atoms. The Morgan fingerprint density at radius 3 is 1.43 bits per heavy atom. The Balaban J connectivity index is 3.13. The molecule has 0 saturated heterocycles. The van der Waals surface area contributed by atoms with Gasteiger partial charge in [0.1, 0.15) is 0 Å². The molecule has 0 radical (unpaired) electrons. The second-order valence-electron chi connectivity index (χ2n) is 4.38. The third kappa shape index (κ3) is 4.73. The van der Waals surface area contributed by atoms with Gasteiger partial charge in [0.05, 0.1) is 0 Å². The Morgan fingerprint density at radius 1 is 0.810 bits per heavy atom. The predicted octanol–water partition coefficient (Wildman–Crippen LogP) is 2.28. The molecule has 0 aromatic heterocycles.